The maximum atomic E-state index is 5.60. The largest absolute Gasteiger partial charge is 0.355 e. The second kappa shape index (κ2) is 5.25. The Morgan fingerprint density at radius 1 is 1.14 bits per heavy atom. The number of aromatic nitrogens is 3. The van der Waals surface area contributed by atoms with Gasteiger partial charge in [-0.15, -0.1) is 0 Å². The van der Waals surface area contributed by atoms with Gasteiger partial charge in [0.15, 0.2) is 5.76 Å². The van der Waals surface area contributed by atoms with Gasteiger partial charge in [0.05, 0.1) is 17.2 Å². The van der Waals surface area contributed by atoms with Gasteiger partial charge in [0.2, 0.25) is 0 Å². The normalized spacial score (nSPS) is 11.5. The fourth-order valence-corrected chi connectivity index (χ4v) is 3.04. The third-order valence-corrected chi connectivity index (χ3v) is 4.33. The van der Waals surface area contributed by atoms with E-state index in [2.05, 4.69) is 43.6 Å². The van der Waals surface area contributed by atoms with Gasteiger partial charge in [-0.05, 0) is 42.8 Å². The Balaban J connectivity index is 2.00. The molecule has 0 N–H and O–H groups in total. The van der Waals surface area contributed by atoms with E-state index in [9.17, 15) is 0 Å². The van der Waals surface area contributed by atoms with E-state index in [1.165, 1.54) is 0 Å². The summed E-state index contributed by atoms with van der Waals surface area (Å²) in [5, 5.41) is 5.17. The van der Waals surface area contributed by atoms with Crippen LogP contribution in [0.3, 0.4) is 0 Å². The molecule has 22 heavy (non-hydrogen) atoms. The fourth-order valence-electron chi connectivity index (χ4n) is 2.78. The van der Waals surface area contributed by atoms with E-state index in [0.717, 1.165) is 50.7 Å². The van der Waals surface area contributed by atoms with E-state index in [0.29, 0.717) is 0 Å². The molecule has 4 nitrogen and oxygen atoms in total. The molecule has 2 heterocycles. The number of aryl methyl sites for hydroxylation is 1. The summed E-state index contributed by atoms with van der Waals surface area (Å²) in [6.07, 6.45) is 2.97. The predicted octanol–water partition coefficient (Wildman–Crippen LogP) is 5.02. The molecule has 0 bridgehead atoms. The summed E-state index contributed by atoms with van der Waals surface area (Å²) in [5.74, 6) is 0.773. The average molecular weight is 356 g/mol. The second-order valence-corrected chi connectivity index (χ2v) is 6.20. The Bertz CT molecular complexity index is 953. The maximum absolute atomic E-state index is 5.60. The van der Waals surface area contributed by atoms with E-state index in [1.54, 1.807) is 0 Å². The van der Waals surface area contributed by atoms with Crippen LogP contribution in [0.1, 0.15) is 13.3 Å². The molecule has 0 aliphatic carbocycles. The van der Waals surface area contributed by atoms with Crippen LogP contribution in [0.25, 0.3) is 33.3 Å². The fraction of sp³-hybridized carbons (Fsp3) is 0.176. The smallest absolute Gasteiger partial charge is 0.176 e. The number of hydrogen-bond acceptors (Lipinski definition) is 3. The number of benzene rings is 2. The van der Waals surface area contributed by atoms with Crippen molar-refractivity contribution in [3.05, 3.63) is 47.2 Å². The second-order valence-electron chi connectivity index (χ2n) is 5.28. The van der Waals surface area contributed by atoms with Crippen molar-refractivity contribution in [3.63, 3.8) is 0 Å². The first-order valence-corrected chi connectivity index (χ1v) is 8.06. The Labute approximate surface area is 135 Å². The number of nitrogens with zero attached hydrogens (tertiary/aromatic N) is 3. The minimum absolute atomic E-state index is 0.773. The van der Waals surface area contributed by atoms with Crippen molar-refractivity contribution in [2.45, 2.75) is 19.9 Å². The van der Waals surface area contributed by atoms with Gasteiger partial charge < -0.3 is 9.09 Å². The Kier molecular flexibility index (Phi) is 3.22. The highest BCUT2D eigenvalue weighted by atomic mass is 79.9. The summed E-state index contributed by atoms with van der Waals surface area (Å²) >= 11 is 3.46. The lowest BCUT2D eigenvalue weighted by atomic mass is 10.1. The lowest BCUT2D eigenvalue weighted by Gasteiger charge is -2.01. The number of halogens is 1. The van der Waals surface area contributed by atoms with Crippen molar-refractivity contribution >= 4 is 37.9 Å². The zero-order chi connectivity index (χ0) is 15.1. The molecule has 4 aromatic rings. The Morgan fingerprint density at radius 3 is 2.73 bits per heavy atom. The third kappa shape index (κ3) is 2.04. The van der Waals surface area contributed by atoms with Gasteiger partial charge in [0, 0.05) is 16.6 Å². The molecule has 0 unspecified atom stereocenters. The topological polar surface area (TPSA) is 43.9 Å². The minimum Gasteiger partial charge on any atom is -0.355 e. The molecule has 0 aliphatic heterocycles. The van der Waals surface area contributed by atoms with Crippen molar-refractivity contribution in [2.24, 2.45) is 0 Å². The Hall–Kier alpha value is -2.14. The molecule has 0 atom stereocenters. The van der Waals surface area contributed by atoms with Crippen molar-refractivity contribution in [1.29, 1.82) is 0 Å². The molecular weight excluding hydrogens is 342 g/mol. The zero-order valence-corrected chi connectivity index (χ0v) is 13.7. The van der Waals surface area contributed by atoms with Gasteiger partial charge in [-0.3, -0.25) is 0 Å². The summed E-state index contributed by atoms with van der Waals surface area (Å²) in [7, 11) is 0. The third-order valence-electron chi connectivity index (χ3n) is 3.80. The van der Waals surface area contributed by atoms with Crippen molar-refractivity contribution in [1.82, 2.24) is 14.7 Å². The highest BCUT2D eigenvalue weighted by Gasteiger charge is 2.16. The van der Waals surface area contributed by atoms with Crippen LogP contribution in [0.15, 0.2) is 51.7 Å². The van der Waals surface area contributed by atoms with E-state index in [4.69, 9.17) is 4.52 Å². The summed E-state index contributed by atoms with van der Waals surface area (Å²) in [5.41, 5.74) is 3.91. The summed E-state index contributed by atoms with van der Waals surface area (Å²) in [4.78, 5) is 4.60. The average Bonchev–Trinajstić information content (AvgIpc) is 3.12. The molecule has 5 heteroatoms. The van der Waals surface area contributed by atoms with Crippen LogP contribution >= 0.6 is 15.9 Å². The van der Waals surface area contributed by atoms with Crippen LogP contribution in [0.4, 0.5) is 0 Å². The molecule has 0 aliphatic rings. The SMILES string of the molecule is CCCn1cnc2c3c(-c4ccc(Br)cc4)onc3ccc21. The van der Waals surface area contributed by atoms with Crippen LogP contribution in [-0.4, -0.2) is 14.7 Å². The van der Waals surface area contributed by atoms with Crippen LogP contribution in [0, 0.1) is 0 Å². The van der Waals surface area contributed by atoms with E-state index in [-0.39, 0.29) is 0 Å². The minimum atomic E-state index is 0.773. The highest BCUT2D eigenvalue weighted by Crippen LogP contribution is 2.34. The number of fused-ring (bicyclic) bond motifs is 3. The van der Waals surface area contributed by atoms with E-state index >= 15 is 0 Å². The lowest BCUT2D eigenvalue weighted by molar-refractivity contribution is 0.441. The lowest BCUT2D eigenvalue weighted by Crippen LogP contribution is -1.93. The molecule has 4 rings (SSSR count). The molecule has 0 radical (unpaired) electrons. The predicted molar refractivity (Wildman–Crippen MR) is 90.7 cm³/mol. The molecular formula is C17H14BrN3O. The van der Waals surface area contributed by atoms with Crippen molar-refractivity contribution < 1.29 is 4.52 Å². The number of hydrogen-bond donors (Lipinski definition) is 0. The molecule has 0 fully saturated rings. The maximum Gasteiger partial charge on any atom is 0.176 e. The summed E-state index contributed by atoms with van der Waals surface area (Å²) < 4.78 is 8.82. The van der Waals surface area contributed by atoms with Crippen LogP contribution < -0.4 is 0 Å². The molecule has 110 valence electrons. The van der Waals surface area contributed by atoms with Crippen LogP contribution in [0.2, 0.25) is 0 Å². The first-order valence-electron chi connectivity index (χ1n) is 7.27. The number of imidazole rings is 1. The van der Waals surface area contributed by atoms with E-state index in [1.807, 2.05) is 36.7 Å². The van der Waals surface area contributed by atoms with Gasteiger partial charge in [0.25, 0.3) is 0 Å². The molecule has 2 aromatic heterocycles. The number of rotatable bonds is 3. The van der Waals surface area contributed by atoms with Gasteiger partial charge in [-0.1, -0.05) is 28.0 Å². The summed E-state index contributed by atoms with van der Waals surface area (Å²) in [6.45, 7) is 3.12. The molecule has 0 spiro atoms. The molecule has 0 amide bonds. The monoisotopic (exact) mass is 355 g/mol. The quantitative estimate of drug-likeness (QED) is 0.518. The molecule has 2 aromatic carbocycles. The van der Waals surface area contributed by atoms with Gasteiger partial charge >= 0.3 is 0 Å². The summed E-state index contributed by atoms with van der Waals surface area (Å²) in [6, 6.07) is 12.1. The van der Waals surface area contributed by atoms with Crippen molar-refractivity contribution in [3.8, 4) is 11.3 Å². The van der Waals surface area contributed by atoms with Crippen LogP contribution in [-0.2, 0) is 6.54 Å². The van der Waals surface area contributed by atoms with Gasteiger partial charge in [-0.2, -0.15) is 0 Å². The highest BCUT2D eigenvalue weighted by molar-refractivity contribution is 9.10. The van der Waals surface area contributed by atoms with Crippen LogP contribution in [0.5, 0.6) is 0 Å². The van der Waals surface area contributed by atoms with Gasteiger partial charge in [-0.25, -0.2) is 4.98 Å². The Morgan fingerprint density at radius 2 is 1.95 bits per heavy atom. The first kappa shape index (κ1) is 13.5. The first-order chi connectivity index (χ1) is 10.8. The van der Waals surface area contributed by atoms with Crippen molar-refractivity contribution in [2.75, 3.05) is 0 Å². The molecule has 0 saturated heterocycles. The van der Waals surface area contributed by atoms with Gasteiger partial charge in [0.1, 0.15) is 11.0 Å². The van der Waals surface area contributed by atoms with E-state index < -0.39 is 0 Å². The molecule has 0 saturated carbocycles. The zero-order valence-electron chi connectivity index (χ0n) is 12.1. The standard InChI is InChI=1S/C17H14BrN3O/c1-2-9-21-10-19-16-14(21)8-7-13-15(16)17(22-20-13)11-3-5-12(18)6-4-11/h3-8,10H,2,9H2,1H3.